The summed E-state index contributed by atoms with van der Waals surface area (Å²) in [6.07, 6.45) is 6.29. The van der Waals surface area contributed by atoms with Gasteiger partial charge in [-0.2, -0.15) is 0 Å². The molecule has 144 valence electrons. The van der Waals surface area contributed by atoms with E-state index < -0.39 is 0 Å². The van der Waals surface area contributed by atoms with Crippen LogP contribution in [-0.4, -0.2) is 26.8 Å². The molecule has 1 aliphatic carbocycles. The molecule has 1 aromatic heterocycles. The van der Waals surface area contributed by atoms with Gasteiger partial charge in [0, 0.05) is 12.6 Å². The molecule has 5 nitrogen and oxygen atoms in total. The Labute approximate surface area is 164 Å². The monoisotopic (exact) mass is 385 g/mol. The van der Waals surface area contributed by atoms with Crippen LogP contribution in [0.5, 0.6) is 0 Å². The number of benzene rings is 1. The second-order valence-corrected chi connectivity index (χ2v) is 8.56. The van der Waals surface area contributed by atoms with Crippen molar-refractivity contribution in [2.24, 2.45) is 5.92 Å². The highest BCUT2D eigenvalue weighted by Gasteiger charge is 2.26. The molecule has 1 saturated carbocycles. The Kier molecular flexibility index (Phi) is 6.37. The molecule has 0 radical (unpaired) electrons. The molecule has 3 rings (SSSR count). The number of hydrogen-bond donors (Lipinski definition) is 1. The quantitative estimate of drug-likeness (QED) is 0.467. The molecule has 0 saturated heterocycles. The maximum absolute atomic E-state index is 12.8. The number of hydrogen-bond acceptors (Lipinski definition) is 4. The Morgan fingerprint density at radius 1 is 1.41 bits per heavy atom. The fourth-order valence-electron chi connectivity index (χ4n) is 3.57. The van der Waals surface area contributed by atoms with Crippen molar-refractivity contribution in [2.75, 3.05) is 0 Å². The van der Waals surface area contributed by atoms with E-state index in [9.17, 15) is 9.59 Å². The van der Waals surface area contributed by atoms with Crippen LogP contribution in [0.4, 0.5) is 0 Å². The first kappa shape index (κ1) is 19.7. The number of fused-ring (bicyclic) bond motifs is 1. The largest absolute Gasteiger partial charge is 0.352 e. The number of rotatable bonds is 6. The Morgan fingerprint density at radius 3 is 2.89 bits per heavy atom. The van der Waals surface area contributed by atoms with Gasteiger partial charge in [0.2, 0.25) is 5.91 Å². The van der Waals surface area contributed by atoms with Crippen LogP contribution in [0.15, 0.2) is 46.9 Å². The van der Waals surface area contributed by atoms with Gasteiger partial charge in [0.1, 0.15) is 0 Å². The molecule has 2 aromatic rings. The normalized spacial score (nSPS) is 21.0. The van der Waals surface area contributed by atoms with Crippen molar-refractivity contribution in [1.82, 2.24) is 14.9 Å². The maximum Gasteiger partial charge on any atom is 0.262 e. The zero-order valence-corrected chi connectivity index (χ0v) is 16.8. The molecular formula is C21H27N3O2S. The number of thioether (sulfide) groups is 1. The van der Waals surface area contributed by atoms with Crippen molar-refractivity contribution in [3.63, 3.8) is 0 Å². The van der Waals surface area contributed by atoms with E-state index in [4.69, 9.17) is 0 Å². The third-order valence-corrected chi connectivity index (χ3v) is 6.32. The summed E-state index contributed by atoms with van der Waals surface area (Å²) in [4.78, 5) is 30.2. The molecule has 0 bridgehead atoms. The maximum atomic E-state index is 12.8. The molecule has 1 heterocycles. The van der Waals surface area contributed by atoms with Gasteiger partial charge < -0.3 is 5.32 Å². The number of nitrogens with zero attached hydrogens (tertiary/aromatic N) is 2. The van der Waals surface area contributed by atoms with Crippen LogP contribution in [0.25, 0.3) is 10.9 Å². The third kappa shape index (κ3) is 4.43. The summed E-state index contributed by atoms with van der Waals surface area (Å²) < 4.78 is 1.59. The van der Waals surface area contributed by atoms with E-state index in [0.29, 0.717) is 28.5 Å². The highest BCUT2D eigenvalue weighted by atomic mass is 32.2. The molecule has 27 heavy (non-hydrogen) atoms. The van der Waals surface area contributed by atoms with E-state index in [1.807, 2.05) is 25.1 Å². The SMILES string of the molecule is C=CCn1c(S[C@H](C)C(=O)N[C@@H]2CCCC[C@H]2C)nc2ccccc2c1=O. The number of aromatic nitrogens is 2. The Bertz CT molecular complexity index is 893. The van der Waals surface area contributed by atoms with Crippen LogP contribution in [0.1, 0.15) is 39.5 Å². The molecule has 3 atom stereocenters. The molecule has 1 aliphatic rings. The molecule has 0 aliphatic heterocycles. The van der Waals surface area contributed by atoms with E-state index in [1.165, 1.54) is 24.6 Å². The number of amides is 1. The molecular weight excluding hydrogens is 358 g/mol. The lowest BCUT2D eigenvalue weighted by atomic mass is 9.86. The number of nitrogens with one attached hydrogen (secondary N) is 1. The summed E-state index contributed by atoms with van der Waals surface area (Å²) in [6.45, 7) is 8.18. The van der Waals surface area contributed by atoms with Gasteiger partial charge in [-0.3, -0.25) is 14.2 Å². The third-order valence-electron chi connectivity index (χ3n) is 5.23. The number of para-hydroxylation sites is 1. The average molecular weight is 386 g/mol. The summed E-state index contributed by atoms with van der Waals surface area (Å²) in [5.41, 5.74) is 0.551. The number of carbonyl (C=O) groups is 1. The Balaban J connectivity index is 1.82. The fourth-order valence-corrected chi connectivity index (χ4v) is 4.50. The smallest absolute Gasteiger partial charge is 0.262 e. The van der Waals surface area contributed by atoms with Gasteiger partial charge in [-0.1, -0.05) is 49.7 Å². The topological polar surface area (TPSA) is 64.0 Å². The summed E-state index contributed by atoms with van der Waals surface area (Å²) in [5.74, 6) is 0.518. The van der Waals surface area contributed by atoms with Crippen LogP contribution in [0, 0.1) is 5.92 Å². The van der Waals surface area contributed by atoms with Crippen LogP contribution in [0.2, 0.25) is 0 Å². The van der Waals surface area contributed by atoms with Gasteiger partial charge in [-0.15, -0.1) is 6.58 Å². The second kappa shape index (κ2) is 8.74. The van der Waals surface area contributed by atoms with E-state index >= 15 is 0 Å². The fraction of sp³-hybridized carbons (Fsp3) is 0.476. The van der Waals surface area contributed by atoms with Crippen LogP contribution < -0.4 is 10.9 Å². The van der Waals surface area contributed by atoms with Gasteiger partial charge in [0.15, 0.2) is 5.16 Å². The second-order valence-electron chi connectivity index (χ2n) is 7.25. The van der Waals surface area contributed by atoms with Gasteiger partial charge in [0.25, 0.3) is 5.56 Å². The molecule has 0 spiro atoms. The zero-order chi connectivity index (χ0) is 19.4. The van der Waals surface area contributed by atoms with Crippen molar-refractivity contribution in [1.29, 1.82) is 0 Å². The number of allylic oxidation sites excluding steroid dienone is 1. The lowest BCUT2D eigenvalue weighted by Gasteiger charge is -2.30. The summed E-state index contributed by atoms with van der Waals surface area (Å²) in [6, 6.07) is 7.54. The molecule has 0 unspecified atom stereocenters. The van der Waals surface area contributed by atoms with Gasteiger partial charge in [-0.25, -0.2) is 4.98 Å². The highest BCUT2D eigenvalue weighted by Crippen LogP contribution is 2.26. The number of carbonyl (C=O) groups excluding carboxylic acids is 1. The van der Waals surface area contributed by atoms with E-state index in [0.717, 1.165) is 12.8 Å². The zero-order valence-electron chi connectivity index (χ0n) is 16.0. The van der Waals surface area contributed by atoms with Crippen molar-refractivity contribution in [3.8, 4) is 0 Å². The van der Waals surface area contributed by atoms with Crippen molar-refractivity contribution in [3.05, 3.63) is 47.3 Å². The lowest BCUT2D eigenvalue weighted by Crippen LogP contribution is -2.44. The summed E-state index contributed by atoms with van der Waals surface area (Å²) in [5, 5.41) is 4.00. The van der Waals surface area contributed by atoms with Gasteiger partial charge >= 0.3 is 0 Å². The van der Waals surface area contributed by atoms with E-state index in [-0.39, 0.29) is 22.8 Å². The lowest BCUT2D eigenvalue weighted by molar-refractivity contribution is -0.121. The Morgan fingerprint density at radius 2 is 2.15 bits per heavy atom. The minimum atomic E-state index is -0.330. The first-order chi connectivity index (χ1) is 13.0. The predicted octanol–water partition coefficient (Wildman–Crippen LogP) is 3.76. The average Bonchev–Trinajstić information content (AvgIpc) is 2.66. The van der Waals surface area contributed by atoms with Gasteiger partial charge in [0.05, 0.1) is 16.2 Å². The first-order valence-electron chi connectivity index (χ1n) is 9.58. The minimum Gasteiger partial charge on any atom is -0.352 e. The van der Waals surface area contributed by atoms with Gasteiger partial charge in [-0.05, 0) is 37.8 Å². The van der Waals surface area contributed by atoms with Crippen LogP contribution >= 0.6 is 11.8 Å². The predicted molar refractivity (Wildman–Crippen MR) is 111 cm³/mol. The Hall–Kier alpha value is -2.08. The van der Waals surface area contributed by atoms with Crippen molar-refractivity contribution >= 4 is 28.6 Å². The molecule has 1 fully saturated rings. The van der Waals surface area contributed by atoms with Crippen molar-refractivity contribution in [2.45, 2.75) is 62.5 Å². The minimum absolute atomic E-state index is 0.00584. The summed E-state index contributed by atoms with van der Waals surface area (Å²) >= 11 is 1.33. The first-order valence-corrected chi connectivity index (χ1v) is 10.5. The molecule has 1 amide bonds. The summed E-state index contributed by atoms with van der Waals surface area (Å²) in [7, 11) is 0. The highest BCUT2D eigenvalue weighted by molar-refractivity contribution is 8.00. The van der Waals surface area contributed by atoms with Crippen LogP contribution in [0.3, 0.4) is 0 Å². The van der Waals surface area contributed by atoms with E-state index in [2.05, 4.69) is 23.8 Å². The molecule has 1 aromatic carbocycles. The molecule has 1 N–H and O–H groups in total. The standard InChI is InChI=1S/C21H27N3O2S/c1-4-13-24-20(26)16-10-6-8-12-18(16)23-21(24)27-15(3)19(25)22-17-11-7-5-9-14(17)2/h4,6,8,10,12,14-15,17H,1,5,7,9,11,13H2,2-3H3,(H,22,25)/t14-,15-,17-/m1/s1. The molecule has 6 heteroatoms. The van der Waals surface area contributed by atoms with Crippen molar-refractivity contribution < 1.29 is 4.79 Å². The van der Waals surface area contributed by atoms with E-state index in [1.54, 1.807) is 16.7 Å². The van der Waals surface area contributed by atoms with Crippen LogP contribution in [-0.2, 0) is 11.3 Å².